The van der Waals surface area contributed by atoms with Gasteiger partial charge in [0.1, 0.15) is 6.04 Å². The molecule has 0 bridgehead atoms. The highest BCUT2D eigenvalue weighted by Gasteiger charge is 2.07. The van der Waals surface area contributed by atoms with E-state index < -0.39 is 0 Å². The molecule has 0 radical (unpaired) electrons. The van der Waals surface area contributed by atoms with E-state index in [4.69, 9.17) is 16.9 Å². The van der Waals surface area contributed by atoms with Crippen molar-refractivity contribution in [3.8, 4) is 6.07 Å². The SMILES string of the molecule is CCCCC(C#N)Nc1ccc(Cl)c(Br)c1. The van der Waals surface area contributed by atoms with Crippen molar-refractivity contribution in [2.75, 3.05) is 5.32 Å². The first kappa shape index (κ1) is 13.3. The van der Waals surface area contributed by atoms with Crippen LogP contribution >= 0.6 is 27.5 Å². The van der Waals surface area contributed by atoms with E-state index in [-0.39, 0.29) is 6.04 Å². The Morgan fingerprint density at radius 2 is 2.31 bits per heavy atom. The monoisotopic (exact) mass is 300 g/mol. The van der Waals surface area contributed by atoms with Crippen LogP contribution in [-0.2, 0) is 0 Å². The van der Waals surface area contributed by atoms with Gasteiger partial charge in [-0.2, -0.15) is 5.26 Å². The molecule has 1 unspecified atom stereocenters. The first-order chi connectivity index (χ1) is 7.67. The second-order valence-corrected chi connectivity index (χ2v) is 4.86. The summed E-state index contributed by atoms with van der Waals surface area (Å²) < 4.78 is 0.839. The fourth-order valence-electron chi connectivity index (χ4n) is 1.36. The molecule has 1 aromatic rings. The summed E-state index contributed by atoms with van der Waals surface area (Å²) in [6.07, 6.45) is 3.03. The molecule has 0 aliphatic heterocycles. The zero-order chi connectivity index (χ0) is 12.0. The van der Waals surface area contributed by atoms with E-state index in [9.17, 15) is 0 Å². The number of rotatable bonds is 5. The number of hydrogen-bond acceptors (Lipinski definition) is 2. The minimum atomic E-state index is -0.131. The quantitative estimate of drug-likeness (QED) is 0.863. The average Bonchev–Trinajstić information content (AvgIpc) is 2.29. The van der Waals surface area contributed by atoms with Crippen molar-refractivity contribution in [3.05, 3.63) is 27.7 Å². The van der Waals surface area contributed by atoms with Crippen LogP contribution in [-0.4, -0.2) is 6.04 Å². The van der Waals surface area contributed by atoms with E-state index in [1.807, 2.05) is 18.2 Å². The molecule has 0 aliphatic carbocycles. The fraction of sp³-hybridized carbons (Fsp3) is 0.417. The van der Waals surface area contributed by atoms with E-state index in [0.29, 0.717) is 5.02 Å². The van der Waals surface area contributed by atoms with Crippen molar-refractivity contribution >= 4 is 33.2 Å². The second kappa shape index (κ2) is 6.78. The predicted molar refractivity (Wildman–Crippen MR) is 71.7 cm³/mol. The van der Waals surface area contributed by atoms with Crippen LogP contribution in [0.1, 0.15) is 26.2 Å². The first-order valence-electron chi connectivity index (χ1n) is 5.28. The highest BCUT2D eigenvalue weighted by Crippen LogP contribution is 2.26. The van der Waals surface area contributed by atoms with Crippen LogP contribution in [0.3, 0.4) is 0 Å². The number of nitriles is 1. The Bertz CT molecular complexity index is 387. The van der Waals surface area contributed by atoms with Gasteiger partial charge in [0.15, 0.2) is 0 Å². The molecule has 0 amide bonds. The molecular weight excluding hydrogens is 288 g/mol. The van der Waals surface area contributed by atoms with Crippen LogP contribution in [0.15, 0.2) is 22.7 Å². The van der Waals surface area contributed by atoms with E-state index in [0.717, 1.165) is 29.4 Å². The van der Waals surface area contributed by atoms with Gasteiger partial charge in [0.2, 0.25) is 0 Å². The lowest BCUT2D eigenvalue weighted by molar-refractivity contribution is 0.687. The average molecular weight is 302 g/mol. The number of hydrogen-bond donors (Lipinski definition) is 1. The van der Waals surface area contributed by atoms with Gasteiger partial charge in [-0.15, -0.1) is 0 Å². The lowest BCUT2D eigenvalue weighted by atomic mass is 10.1. The van der Waals surface area contributed by atoms with Crippen LogP contribution < -0.4 is 5.32 Å². The highest BCUT2D eigenvalue weighted by molar-refractivity contribution is 9.10. The summed E-state index contributed by atoms with van der Waals surface area (Å²) in [5, 5.41) is 12.8. The van der Waals surface area contributed by atoms with E-state index >= 15 is 0 Å². The molecule has 0 fully saturated rings. The largest absolute Gasteiger partial charge is 0.370 e. The van der Waals surface area contributed by atoms with Gasteiger partial charge in [0, 0.05) is 10.2 Å². The zero-order valence-corrected chi connectivity index (χ0v) is 11.5. The van der Waals surface area contributed by atoms with E-state index in [1.54, 1.807) is 0 Å². The summed E-state index contributed by atoms with van der Waals surface area (Å²) >= 11 is 9.25. The maximum absolute atomic E-state index is 8.99. The van der Waals surface area contributed by atoms with Crippen LogP contribution in [0, 0.1) is 11.3 Å². The topological polar surface area (TPSA) is 35.8 Å². The van der Waals surface area contributed by atoms with Gasteiger partial charge in [-0.05, 0) is 40.5 Å². The van der Waals surface area contributed by atoms with Gasteiger partial charge >= 0.3 is 0 Å². The molecule has 1 aromatic carbocycles. The fourth-order valence-corrected chi connectivity index (χ4v) is 1.86. The van der Waals surface area contributed by atoms with Gasteiger partial charge in [-0.1, -0.05) is 31.4 Å². The molecule has 1 atom stereocenters. The molecule has 0 saturated heterocycles. The Morgan fingerprint density at radius 3 is 2.88 bits per heavy atom. The normalized spacial score (nSPS) is 11.9. The predicted octanol–water partition coefficient (Wildman–Crippen LogP) is 4.60. The number of unbranched alkanes of at least 4 members (excludes halogenated alkanes) is 1. The molecule has 1 rings (SSSR count). The molecule has 0 aliphatic rings. The van der Waals surface area contributed by atoms with Gasteiger partial charge in [0.05, 0.1) is 11.1 Å². The summed E-state index contributed by atoms with van der Waals surface area (Å²) in [6, 6.07) is 7.70. The minimum absolute atomic E-state index is 0.131. The Kier molecular flexibility index (Phi) is 5.65. The molecule has 4 heteroatoms. The van der Waals surface area contributed by atoms with Crippen molar-refractivity contribution in [3.63, 3.8) is 0 Å². The molecule has 0 aromatic heterocycles. The summed E-state index contributed by atoms with van der Waals surface area (Å²) in [7, 11) is 0. The molecule has 1 N–H and O–H groups in total. The maximum Gasteiger partial charge on any atom is 0.114 e. The lowest BCUT2D eigenvalue weighted by Gasteiger charge is -2.12. The smallest absolute Gasteiger partial charge is 0.114 e. The van der Waals surface area contributed by atoms with Crippen LogP contribution in [0.25, 0.3) is 0 Å². The second-order valence-electron chi connectivity index (χ2n) is 3.60. The third-order valence-corrected chi connectivity index (χ3v) is 3.48. The number of benzene rings is 1. The molecule has 86 valence electrons. The van der Waals surface area contributed by atoms with Gasteiger partial charge < -0.3 is 5.32 Å². The molecule has 0 spiro atoms. The van der Waals surface area contributed by atoms with Gasteiger partial charge in [-0.25, -0.2) is 0 Å². The third-order valence-electron chi connectivity index (χ3n) is 2.26. The van der Waals surface area contributed by atoms with E-state index in [2.05, 4.69) is 34.2 Å². The van der Waals surface area contributed by atoms with Crippen molar-refractivity contribution in [1.29, 1.82) is 5.26 Å². The molecule has 0 saturated carbocycles. The number of nitrogens with zero attached hydrogens (tertiary/aromatic N) is 1. The van der Waals surface area contributed by atoms with Gasteiger partial charge in [-0.3, -0.25) is 0 Å². The van der Waals surface area contributed by atoms with Crippen LogP contribution in [0.5, 0.6) is 0 Å². The molecule has 16 heavy (non-hydrogen) atoms. The summed E-state index contributed by atoms with van der Waals surface area (Å²) in [6.45, 7) is 2.12. The Hall–Kier alpha value is -0.720. The Morgan fingerprint density at radius 1 is 1.56 bits per heavy atom. The standard InChI is InChI=1S/C12H14BrClN2/c1-2-3-4-10(8-15)16-9-5-6-12(14)11(13)7-9/h5-7,10,16H,2-4H2,1H3. The summed E-state index contributed by atoms with van der Waals surface area (Å²) in [4.78, 5) is 0. The molecule has 0 heterocycles. The molecule has 2 nitrogen and oxygen atoms in total. The first-order valence-corrected chi connectivity index (χ1v) is 6.45. The number of nitrogens with one attached hydrogen (secondary N) is 1. The van der Waals surface area contributed by atoms with Crippen molar-refractivity contribution < 1.29 is 0 Å². The highest BCUT2D eigenvalue weighted by atomic mass is 79.9. The van der Waals surface area contributed by atoms with Gasteiger partial charge in [0.25, 0.3) is 0 Å². The van der Waals surface area contributed by atoms with Crippen molar-refractivity contribution in [2.24, 2.45) is 0 Å². The number of halogens is 2. The van der Waals surface area contributed by atoms with Crippen molar-refractivity contribution in [1.82, 2.24) is 0 Å². The molecular formula is C12H14BrClN2. The third kappa shape index (κ3) is 4.03. The summed E-state index contributed by atoms with van der Waals surface area (Å²) in [5.41, 5.74) is 0.916. The van der Waals surface area contributed by atoms with Crippen molar-refractivity contribution in [2.45, 2.75) is 32.2 Å². The number of anilines is 1. The lowest BCUT2D eigenvalue weighted by Crippen LogP contribution is -2.16. The van der Waals surface area contributed by atoms with Crippen LogP contribution in [0.2, 0.25) is 5.02 Å². The Balaban J connectivity index is 2.64. The minimum Gasteiger partial charge on any atom is -0.370 e. The zero-order valence-electron chi connectivity index (χ0n) is 9.13. The Labute approximate surface area is 110 Å². The maximum atomic E-state index is 8.99. The summed E-state index contributed by atoms with van der Waals surface area (Å²) in [5.74, 6) is 0. The van der Waals surface area contributed by atoms with Crippen LogP contribution in [0.4, 0.5) is 5.69 Å². The van der Waals surface area contributed by atoms with E-state index in [1.165, 1.54) is 0 Å².